The van der Waals surface area contributed by atoms with Crippen molar-refractivity contribution in [2.24, 2.45) is 0 Å². The average molecular weight is 283 g/mol. The number of aryl methyl sites for hydroxylation is 2. The second kappa shape index (κ2) is 5.19. The molecule has 2 aliphatic heterocycles. The van der Waals surface area contributed by atoms with Crippen LogP contribution < -0.4 is 10.6 Å². The number of amides is 1. The van der Waals surface area contributed by atoms with Gasteiger partial charge in [0, 0.05) is 24.2 Å². The Kier molecular flexibility index (Phi) is 3.19. The zero-order valence-corrected chi connectivity index (χ0v) is 12.2. The first-order valence-corrected chi connectivity index (χ1v) is 7.95. The molecule has 4 nitrogen and oxygen atoms in total. The van der Waals surface area contributed by atoms with Gasteiger partial charge in [-0.05, 0) is 44.3 Å². The molecule has 0 unspecified atom stereocenters. The van der Waals surface area contributed by atoms with E-state index in [9.17, 15) is 4.79 Å². The summed E-state index contributed by atoms with van der Waals surface area (Å²) >= 11 is 0. The minimum absolute atomic E-state index is 0.0877. The number of hydrogen-bond donors (Lipinski definition) is 2. The van der Waals surface area contributed by atoms with Crippen molar-refractivity contribution in [2.75, 3.05) is 13.1 Å². The van der Waals surface area contributed by atoms with Crippen molar-refractivity contribution in [2.45, 2.75) is 38.3 Å². The number of benzene rings is 1. The third-order valence-electron chi connectivity index (χ3n) is 4.75. The Balaban J connectivity index is 1.67. The van der Waals surface area contributed by atoms with Crippen molar-refractivity contribution in [3.8, 4) is 0 Å². The van der Waals surface area contributed by atoms with E-state index in [2.05, 4.69) is 33.4 Å². The minimum atomic E-state index is 0.0877. The van der Waals surface area contributed by atoms with Crippen LogP contribution in [0.5, 0.6) is 0 Å². The Labute approximate surface area is 124 Å². The van der Waals surface area contributed by atoms with Gasteiger partial charge in [-0.2, -0.15) is 0 Å². The van der Waals surface area contributed by atoms with E-state index in [1.807, 2.05) is 6.20 Å². The summed E-state index contributed by atoms with van der Waals surface area (Å²) in [6.07, 6.45) is 6.38. The molecule has 1 amide bonds. The van der Waals surface area contributed by atoms with Gasteiger partial charge in [0.1, 0.15) is 0 Å². The van der Waals surface area contributed by atoms with Gasteiger partial charge in [0.25, 0.3) is 5.91 Å². The first-order chi connectivity index (χ1) is 10.3. The lowest BCUT2D eigenvalue weighted by Gasteiger charge is -2.23. The van der Waals surface area contributed by atoms with E-state index in [-0.39, 0.29) is 5.91 Å². The molecule has 3 heterocycles. The second-order valence-corrected chi connectivity index (χ2v) is 6.15. The van der Waals surface area contributed by atoms with E-state index in [1.54, 1.807) is 0 Å². The fourth-order valence-corrected chi connectivity index (χ4v) is 3.67. The van der Waals surface area contributed by atoms with Gasteiger partial charge in [-0.25, -0.2) is 0 Å². The first-order valence-electron chi connectivity index (χ1n) is 7.95. The Hall–Kier alpha value is -1.81. The Morgan fingerprint density at radius 3 is 3.00 bits per heavy atom. The summed E-state index contributed by atoms with van der Waals surface area (Å²) in [5.74, 6) is 0.0877. The molecular weight excluding hydrogens is 262 g/mol. The zero-order chi connectivity index (χ0) is 14.2. The number of nitrogens with zero attached hydrogens (tertiary/aromatic N) is 1. The van der Waals surface area contributed by atoms with E-state index in [0.717, 1.165) is 56.3 Å². The maximum atomic E-state index is 12.6. The molecule has 0 saturated carbocycles. The van der Waals surface area contributed by atoms with Crippen LogP contribution in [-0.4, -0.2) is 29.6 Å². The fourth-order valence-electron chi connectivity index (χ4n) is 3.67. The van der Waals surface area contributed by atoms with Crippen LogP contribution in [0.3, 0.4) is 0 Å². The second-order valence-electron chi connectivity index (χ2n) is 6.15. The standard InChI is InChI=1S/C17H21N3O/c21-17(19-13-6-8-18-9-7-13)15-11-20-10-2-4-12-3-1-5-14(15)16(12)20/h1,3,5,11,13,18H,2,4,6-10H2,(H,19,21). The number of carbonyl (C=O) groups excluding carboxylic acids is 1. The topological polar surface area (TPSA) is 46.1 Å². The molecule has 1 aromatic carbocycles. The van der Waals surface area contributed by atoms with Gasteiger partial charge in [-0.15, -0.1) is 0 Å². The Bertz CT molecular complexity index is 683. The number of nitrogens with one attached hydrogen (secondary N) is 2. The highest BCUT2D eigenvalue weighted by Crippen LogP contribution is 2.29. The van der Waals surface area contributed by atoms with Crippen molar-refractivity contribution in [1.29, 1.82) is 0 Å². The van der Waals surface area contributed by atoms with E-state index in [4.69, 9.17) is 0 Å². The number of carbonyl (C=O) groups is 1. The molecule has 0 atom stereocenters. The number of piperidine rings is 1. The maximum absolute atomic E-state index is 12.6. The third-order valence-corrected chi connectivity index (χ3v) is 4.75. The van der Waals surface area contributed by atoms with E-state index in [0.29, 0.717) is 6.04 Å². The molecule has 4 heteroatoms. The van der Waals surface area contributed by atoms with Crippen LogP contribution >= 0.6 is 0 Å². The largest absolute Gasteiger partial charge is 0.349 e. The predicted molar refractivity (Wildman–Crippen MR) is 83.6 cm³/mol. The fraction of sp³-hybridized carbons (Fsp3) is 0.471. The van der Waals surface area contributed by atoms with Gasteiger partial charge < -0.3 is 15.2 Å². The van der Waals surface area contributed by atoms with Crippen LogP contribution in [-0.2, 0) is 13.0 Å². The lowest BCUT2D eigenvalue weighted by Crippen LogP contribution is -2.42. The van der Waals surface area contributed by atoms with Crippen molar-refractivity contribution in [3.63, 3.8) is 0 Å². The summed E-state index contributed by atoms with van der Waals surface area (Å²) in [7, 11) is 0. The SMILES string of the molecule is O=C(NC1CCNCC1)c1cn2c3c(cccc13)CCC2. The quantitative estimate of drug-likeness (QED) is 0.886. The molecular formula is C17H21N3O. The predicted octanol–water partition coefficient (Wildman–Crippen LogP) is 2.07. The summed E-state index contributed by atoms with van der Waals surface area (Å²) in [4.78, 5) is 12.6. The number of hydrogen-bond acceptors (Lipinski definition) is 2. The lowest BCUT2D eigenvalue weighted by molar-refractivity contribution is 0.0931. The molecule has 0 spiro atoms. The highest BCUT2D eigenvalue weighted by atomic mass is 16.1. The lowest BCUT2D eigenvalue weighted by atomic mass is 10.0. The van der Waals surface area contributed by atoms with Gasteiger partial charge in [-0.3, -0.25) is 4.79 Å². The van der Waals surface area contributed by atoms with Crippen molar-refractivity contribution in [1.82, 2.24) is 15.2 Å². The molecule has 0 radical (unpaired) electrons. The number of para-hydroxylation sites is 1. The molecule has 2 aliphatic rings. The van der Waals surface area contributed by atoms with Gasteiger partial charge in [0.15, 0.2) is 0 Å². The molecule has 2 N–H and O–H groups in total. The van der Waals surface area contributed by atoms with Gasteiger partial charge in [-0.1, -0.05) is 18.2 Å². The molecule has 110 valence electrons. The van der Waals surface area contributed by atoms with Crippen molar-refractivity contribution >= 4 is 16.8 Å². The van der Waals surface area contributed by atoms with Crippen LogP contribution in [0.2, 0.25) is 0 Å². The van der Waals surface area contributed by atoms with Crippen LogP contribution in [0.15, 0.2) is 24.4 Å². The molecule has 0 aliphatic carbocycles. The van der Waals surface area contributed by atoms with E-state index < -0.39 is 0 Å². The van der Waals surface area contributed by atoms with E-state index >= 15 is 0 Å². The first kappa shape index (κ1) is 12.9. The zero-order valence-electron chi connectivity index (χ0n) is 12.2. The normalized spacial score (nSPS) is 18.9. The minimum Gasteiger partial charge on any atom is -0.349 e. The smallest absolute Gasteiger partial charge is 0.253 e. The van der Waals surface area contributed by atoms with Gasteiger partial charge >= 0.3 is 0 Å². The maximum Gasteiger partial charge on any atom is 0.253 e. The van der Waals surface area contributed by atoms with Crippen LogP contribution in [0.1, 0.15) is 35.2 Å². The number of rotatable bonds is 2. The summed E-state index contributed by atoms with van der Waals surface area (Å²) in [6.45, 7) is 3.02. The van der Waals surface area contributed by atoms with Crippen LogP contribution in [0, 0.1) is 0 Å². The molecule has 2 aromatic rings. The summed E-state index contributed by atoms with van der Waals surface area (Å²) < 4.78 is 2.26. The van der Waals surface area contributed by atoms with Crippen LogP contribution in [0.25, 0.3) is 10.9 Å². The van der Waals surface area contributed by atoms with Crippen molar-refractivity contribution in [3.05, 3.63) is 35.5 Å². The summed E-state index contributed by atoms with van der Waals surface area (Å²) in [6, 6.07) is 6.66. The molecule has 4 rings (SSSR count). The Morgan fingerprint density at radius 1 is 1.29 bits per heavy atom. The highest BCUT2D eigenvalue weighted by Gasteiger charge is 2.22. The Morgan fingerprint density at radius 2 is 2.14 bits per heavy atom. The third kappa shape index (κ3) is 2.23. The molecule has 1 fully saturated rings. The average Bonchev–Trinajstić information content (AvgIpc) is 2.90. The molecule has 1 aromatic heterocycles. The van der Waals surface area contributed by atoms with E-state index in [1.165, 1.54) is 11.1 Å². The molecule has 0 bridgehead atoms. The van der Waals surface area contributed by atoms with Crippen LogP contribution in [0.4, 0.5) is 0 Å². The number of aromatic nitrogens is 1. The molecule has 1 saturated heterocycles. The highest BCUT2D eigenvalue weighted by molar-refractivity contribution is 6.07. The summed E-state index contributed by atoms with van der Waals surface area (Å²) in [5, 5.41) is 7.65. The summed E-state index contributed by atoms with van der Waals surface area (Å²) in [5.41, 5.74) is 3.48. The van der Waals surface area contributed by atoms with Gasteiger partial charge in [0.05, 0.1) is 11.1 Å². The van der Waals surface area contributed by atoms with Crippen molar-refractivity contribution < 1.29 is 4.79 Å². The molecule has 21 heavy (non-hydrogen) atoms. The monoisotopic (exact) mass is 283 g/mol. The van der Waals surface area contributed by atoms with Gasteiger partial charge in [0.2, 0.25) is 0 Å².